The second kappa shape index (κ2) is 4.48. The van der Waals surface area contributed by atoms with Crippen molar-refractivity contribution >= 4 is 34.1 Å². The Kier molecular flexibility index (Phi) is 3.72. The molecule has 15 heavy (non-hydrogen) atoms. The van der Waals surface area contributed by atoms with Crippen molar-refractivity contribution in [1.82, 2.24) is 4.37 Å². The van der Waals surface area contributed by atoms with Crippen LogP contribution in [0.2, 0.25) is 0 Å². The van der Waals surface area contributed by atoms with Gasteiger partial charge in [0.15, 0.2) is 5.82 Å². The third-order valence-electron chi connectivity index (χ3n) is 1.62. The van der Waals surface area contributed by atoms with E-state index in [1.807, 2.05) is 0 Å². The SMILES string of the molecule is CSc1c(N)nsc1N(C)CC(F)(F)F. The van der Waals surface area contributed by atoms with Crippen LogP contribution < -0.4 is 10.6 Å². The average molecular weight is 257 g/mol. The molecule has 0 aliphatic heterocycles. The average Bonchev–Trinajstić information content (AvgIpc) is 2.43. The molecule has 0 aromatic carbocycles. The van der Waals surface area contributed by atoms with Gasteiger partial charge in [-0.1, -0.05) is 0 Å². The molecule has 0 saturated heterocycles. The molecule has 0 unspecified atom stereocenters. The van der Waals surface area contributed by atoms with Crippen LogP contribution in [0.4, 0.5) is 24.0 Å². The summed E-state index contributed by atoms with van der Waals surface area (Å²) in [5.74, 6) is 0.288. The quantitative estimate of drug-likeness (QED) is 0.845. The molecule has 0 saturated carbocycles. The highest BCUT2D eigenvalue weighted by atomic mass is 32.2. The fourth-order valence-electron chi connectivity index (χ4n) is 1.06. The van der Waals surface area contributed by atoms with Crippen molar-refractivity contribution in [2.45, 2.75) is 11.1 Å². The van der Waals surface area contributed by atoms with Crippen molar-refractivity contribution in [2.24, 2.45) is 0 Å². The Morgan fingerprint density at radius 1 is 1.53 bits per heavy atom. The zero-order chi connectivity index (χ0) is 11.6. The summed E-state index contributed by atoms with van der Waals surface area (Å²) in [6.45, 7) is -0.998. The highest BCUT2D eigenvalue weighted by Gasteiger charge is 2.31. The number of halogens is 3. The molecule has 1 aromatic heterocycles. The maximum absolute atomic E-state index is 12.1. The molecule has 0 aliphatic rings. The van der Waals surface area contributed by atoms with Gasteiger partial charge in [0.1, 0.15) is 11.5 Å². The van der Waals surface area contributed by atoms with Crippen LogP contribution >= 0.6 is 23.3 Å². The van der Waals surface area contributed by atoms with Crippen LogP contribution in [0.1, 0.15) is 0 Å². The lowest BCUT2D eigenvalue weighted by molar-refractivity contribution is -0.119. The van der Waals surface area contributed by atoms with E-state index in [0.29, 0.717) is 9.90 Å². The fraction of sp³-hybridized carbons (Fsp3) is 0.571. The highest BCUT2D eigenvalue weighted by Crippen LogP contribution is 2.37. The molecule has 8 heteroatoms. The van der Waals surface area contributed by atoms with Crippen LogP contribution in [-0.2, 0) is 0 Å². The molecule has 0 aliphatic carbocycles. The molecular formula is C7H10F3N3S2. The molecule has 0 fully saturated rings. The largest absolute Gasteiger partial charge is 0.405 e. The van der Waals surface area contributed by atoms with E-state index in [9.17, 15) is 13.2 Å². The van der Waals surface area contributed by atoms with Crippen LogP contribution in [0.5, 0.6) is 0 Å². The van der Waals surface area contributed by atoms with Gasteiger partial charge < -0.3 is 10.6 Å². The number of alkyl halides is 3. The normalized spacial score (nSPS) is 11.8. The van der Waals surface area contributed by atoms with Gasteiger partial charge in [-0.2, -0.15) is 17.5 Å². The number of rotatable bonds is 3. The van der Waals surface area contributed by atoms with E-state index in [1.54, 1.807) is 6.26 Å². The minimum Gasteiger partial charge on any atom is -0.382 e. The second-order valence-electron chi connectivity index (χ2n) is 2.88. The predicted molar refractivity (Wildman–Crippen MR) is 57.6 cm³/mol. The number of hydrogen-bond donors (Lipinski definition) is 1. The Labute approximate surface area is 93.6 Å². The summed E-state index contributed by atoms with van der Waals surface area (Å²) in [4.78, 5) is 1.71. The van der Waals surface area contributed by atoms with Gasteiger partial charge in [0.25, 0.3) is 0 Å². The Hall–Kier alpha value is -0.630. The third-order valence-corrected chi connectivity index (χ3v) is 3.54. The molecule has 1 aromatic rings. The molecule has 2 N–H and O–H groups in total. The maximum atomic E-state index is 12.1. The Morgan fingerprint density at radius 2 is 2.13 bits per heavy atom. The molecule has 0 spiro atoms. The topological polar surface area (TPSA) is 42.1 Å². The van der Waals surface area contributed by atoms with E-state index in [-0.39, 0.29) is 5.82 Å². The van der Waals surface area contributed by atoms with Gasteiger partial charge in [0.2, 0.25) is 0 Å². The highest BCUT2D eigenvalue weighted by molar-refractivity contribution is 7.99. The van der Waals surface area contributed by atoms with Crippen LogP contribution in [0, 0.1) is 0 Å². The first-order chi connectivity index (χ1) is 6.85. The van der Waals surface area contributed by atoms with Gasteiger partial charge in [-0.05, 0) is 17.8 Å². The van der Waals surface area contributed by atoms with E-state index >= 15 is 0 Å². The lowest BCUT2D eigenvalue weighted by Crippen LogP contribution is -2.30. The van der Waals surface area contributed by atoms with Gasteiger partial charge in [0.05, 0.1) is 4.90 Å². The van der Waals surface area contributed by atoms with E-state index in [4.69, 9.17) is 5.73 Å². The summed E-state index contributed by atoms with van der Waals surface area (Å²) < 4.78 is 40.2. The van der Waals surface area contributed by atoms with E-state index in [2.05, 4.69) is 4.37 Å². The summed E-state index contributed by atoms with van der Waals surface area (Å²) in [6, 6.07) is 0. The van der Waals surface area contributed by atoms with Crippen LogP contribution in [0.15, 0.2) is 4.90 Å². The van der Waals surface area contributed by atoms with Crippen molar-refractivity contribution in [3.05, 3.63) is 0 Å². The number of nitrogen functional groups attached to an aromatic ring is 1. The summed E-state index contributed by atoms with van der Waals surface area (Å²) in [5, 5.41) is 0.456. The van der Waals surface area contributed by atoms with Gasteiger partial charge in [-0.25, -0.2) is 0 Å². The molecule has 86 valence electrons. The van der Waals surface area contributed by atoms with Crippen LogP contribution in [-0.4, -0.2) is 30.4 Å². The Bertz CT molecular complexity index is 337. The zero-order valence-corrected chi connectivity index (χ0v) is 9.76. The molecule has 1 rings (SSSR count). The number of hydrogen-bond acceptors (Lipinski definition) is 5. The monoisotopic (exact) mass is 257 g/mol. The summed E-state index contributed by atoms with van der Waals surface area (Å²) in [7, 11) is 1.38. The third kappa shape index (κ3) is 3.16. The lowest BCUT2D eigenvalue weighted by Gasteiger charge is -2.19. The first-order valence-corrected chi connectivity index (χ1v) is 5.92. The summed E-state index contributed by atoms with van der Waals surface area (Å²) in [5.41, 5.74) is 5.52. The van der Waals surface area contributed by atoms with Gasteiger partial charge >= 0.3 is 6.18 Å². The number of nitrogens with zero attached hydrogens (tertiary/aromatic N) is 2. The summed E-state index contributed by atoms with van der Waals surface area (Å²) in [6.07, 6.45) is -2.46. The molecule has 3 nitrogen and oxygen atoms in total. The van der Waals surface area contributed by atoms with E-state index in [1.165, 1.54) is 18.8 Å². The summed E-state index contributed by atoms with van der Waals surface area (Å²) >= 11 is 2.28. The molecule has 0 amide bonds. The molecular weight excluding hydrogens is 247 g/mol. The first-order valence-electron chi connectivity index (χ1n) is 3.92. The minimum atomic E-state index is -4.22. The van der Waals surface area contributed by atoms with Gasteiger partial charge in [-0.3, -0.25) is 0 Å². The van der Waals surface area contributed by atoms with Crippen molar-refractivity contribution in [3.63, 3.8) is 0 Å². The predicted octanol–water partition coefficient (Wildman–Crippen LogP) is 2.45. The van der Waals surface area contributed by atoms with Crippen LogP contribution in [0.3, 0.4) is 0 Å². The number of thioether (sulfide) groups is 1. The number of nitrogens with two attached hydrogens (primary N) is 1. The smallest absolute Gasteiger partial charge is 0.382 e. The molecule has 0 atom stereocenters. The Balaban J connectivity index is 2.86. The van der Waals surface area contributed by atoms with E-state index in [0.717, 1.165) is 16.4 Å². The first kappa shape index (κ1) is 12.4. The minimum absolute atomic E-state index is 0.288. The molecule has 0 radical (unpaired) electrons. The maximum Gasteiger partial charge on any atom is 0.405 e. The van der Waals surface area contributed by atoms with Gasteiger partial charge in [0, 0.05) is 7.05 Å². The molecule has 1 heterocycles. The zero-order valence-electron chi connectivity index (χ0n) is 8.13. The number of anilines is 2. The van der Waals surface area contributed by atoms with Gasteiger partial charge in [-0.15, -0.1) is 11.8 Å². The fourth-order valence-corrected chi connectivity index (χ4v) is 2.73. The Morgan fingerprint density at radius 3 is 2.60 bits per heavy atom. The van der Waals surface area contributed by atoms with Crippen LogP contribution in [0.25, 0.3) is 0 Å². The van der Waals surface area contributed by atoms with Crippen molar-refractivity contribution in [3.8, 4) is 0 Å². The van der Waals surface area contributed by atoms with Crippen molar-refractivity contribution in [2.75, 3.05) is 30.5 Å². The molecule has 0 bridgehead atoms. The lowest BCUT2D eigenvalue weighted by atomic mass is 10.5. The standard InChI is InChI=1S/C7H10F3N3S2/c1-13(3-7(8,9)10)6-4(14-2)5(11)12-15-6/h3H2,1-2H3,(H2,11,12). The van der Waals surface area contributed by atoms with Crippen molar-refractivity contribution < 1.29 is 13.2 Å². The second-order valence-corrected chi connectivity index (χ2v) is 4.45. The van der Waals surface area contributed by atoms with E-state index < -0.39 is 12.7 Å². The number of aromatic nitrogens is 1. The van der Waals surface area contributed by atoms with Crippen molar-refractivity contribution in [1.29, 1.82) is 0 Å².